The Bertz CT molecular complexity index is 2210. The van der Waals surface area contributed by atoms with Crippen molar-refractivity contribution in [3.63, 3.8) is 0 Å². The van der Waals surface area contributed by atoms with Gasteiger partial charge in [0.1, 0.15) is 0 Å². The number of nitrogens with zero attached hydrogens (tertiary/aromatic N) is 3. The Labute approximate surface area is 257 Å². The molecule has 3 heterocycles. The van der Waals surface area contributed by atoms with Gasteiger partial charge in [-0.2, -0.15) is 0 Å². The predicted octanol–water partition coefficient (Wildman–Crippen LogP) is 10.7. The van der Waals surface area contributed by atoms with Gasteiger partial charge in [-0.3, -0.25) is 9.97 Å². The van der Waals surface area contributed by atoms with Crippen LogP contribution in [0.1, 0.15) is 26.3 Å². The van der Waals surface area contributed by atoms with Crippen molar-refractivity contribution in [3.05, 3.63) is 139 Å². The summed E-state index contributed by atoms with van der Waals surface area (Å²) in [7, 11) is 0. The van der Waals surface area contributed by atoms with Crippen LogP contribution in [0, 0.1) is 0 Å². The first-order valence-corrected chi connectivity index (χ1v) is 15.1. The van der Waals surface area contributed by atoms with Crippen molar-refractivity contribution in [2.45, 2.75) is 26.2 Å². The molecule has 0 bridgehead atoms. The maximum Gasteiger partial charge on any atom is 0.0900 e. The zero-order valence-electron chi connectivity index (χ0n) is 25.0. The minimum atomic E-state index is 0.0611. The van der Waals surface area contributed by atoms with Crippen molar-refractivity contribution >= 4 is 32.3 Å². The van der Waals surface area contributed by atoms with E-state index in [0.29, 0.717) is 0 Å². The molecule has 5 aromatic carbocycles. The number of hydrogen-bond donors (Lipinski definition) is 0. The lowest BCUT2D eigenvalue weighted by Crippen LogP contribution is -2.10. The average Bonchev–Trinajstić information content (AvgIpc) is 3.07. The number of rotatable bonds is 4. The monoisotopic (exact) mass is 565 g/mol. The molecule has 0 amide bonds. The fraction of sp³-hybridized carbons (Fsp3) is 0.0976. The van der Waals surface area contributed by atoms with Gasteiger partial charge < -0.3 is 0 Å². The summed E-state index contributed by atoms with van der Waals surface area (Å²) < 4.78 is 0. The first kappa shape index (κ1) is 26.2. The Morgan fingerprint density at radius 3 is 1.52 bits per heavy atom. The minimum absolute atomic E-state index is 0.0611. The summed E-state index contributed by atoms with van der Waals surface area (Å²) in [6.45, 7) is 6.86. The van der Waals surface area contributed by atoms with Gasteiger partial charge in [-0.1, -0.05) is 99.6 Å². The van der Waals surface area contributed by atoms with Gasteiger partial charge in [-0.15, -0.1) is 0 Å². The van der Waals surface area contributed by atoms with Gasteiger partial charge in [0.15, 0.2) is 0 Å². The van der Waals surface area contributed by atoms with E-state index < -0.39 is 0 Å². The van der Waals surface area contributed by atoms with Gasteiger partial charge in [0.25, 0.3) is 0 Å². The summed E-state index contributed by atoms with van der Waals surface area (Å²) >= 11 is 0. The topological polar surface area (TPSA) is 38.7 Å². The van der Waals surface area contributed by atoms with Crippen LogP contribution in [-0.4, -0.2) is 15.0 Å². The molecule has 0 N–H and O–H groups in total. The number of pyridine rings is 3. The molecule has 0 spiro atoms. The Kier molecular flexibility index (Phi) is 6.02. The highest BCUT2D eigenvalue weighted by atomic mass is 14.8. The Morgan fingerprint density at radius 2 is 1.00 bits per heavy atom. The van der Waals surface area contributed by atoms with Crippen molar-refractivity contribution in [1.82, 2.24) is 15.0 Å². The molecule has 210 valence electrons. The lowest BCUT2D eigenvalue weighted by atomic mass is 9.81. The fourth-order valence-electron chi connectivity index (χ4n) is 6.42. The van der Waals surface area contributed by atoms with Crippen LogP contribution in [0.2, 0.25) is 0 Å². The van der Waals surface area contributed by atoms with Gasteiger partial charge >= 0.3 is 0 Å². The summed E-state index contributed by atoms with van der Waals surface area (Å²) in [6, 6.07) is 43.3. The second-order valence-electron chi connectivity index (χ2n) is 12.5. The Morgan fingerprint density at radius 1 is 0.455 bits per heavy atom. The van der Waals surface area contributed by atoms with Crippen LogP contribution in [0.5, 0.6) is 0 Å². The maximum absolute atomic E-state index is 5.05. The quantitative estimate of drug-likeness (QED) is 0.199. The molecule has 0 atom stereocenters. The molecule has 0 radical (unpaired) electrons. The lowest BCUT2D eigenvalue weighted by Gasteiger charge is -2.23. The molecule has 44 heavy (non-hydrogen) atoms. The van der Waals surface area contributed by atoms with Crippen LogP contribution in [0.3, 0.4) is 0 Å². The zero-order chi connectivity index (χ0) is 29.8. The maximum atomic E-state index is 5.05. The van der Waals surface area contributed by atoms with Gasteiger partial charge in [0, 0.05) is 12.4 Å². The second-order valence-corrected chi connectivity index (χ2v) is 12.5. The number of aromatic nitrogens is 3. The van der Waals surface area contributed by atoms with Crippen LogP contribution in [0.25, 0.3) is 77.3 Å². The number of benzene rings is 5. The Hall–Kier alpha value is -5.41. The van der Waals surface area contributed by atoms with Gasteiger partial charge in [-0.05, 0) is 108 Å². The van der Waals surface area contributed by atoms with E-state index in [1.54, 1.807) is 0 Å². The molecule has 0 fully saturated rings. The van der Waals surface area contributed by atoms with Crippen LogP contribution >= 0.6 is 0 Å². The van der Waals surface area contributed by atoms with E-state index in [9.17, 15) is 0 Å². The molecule has 0 unspecified atom stereocenters. The molecule has 3 heteroatoms. The third-order valence-electron chi connectivity index (χ3n) is 8.66. The van der Waals surface area contributed by atoms with E-state index in [1.165, 1.54) is 54.6 Å². The van der Waals surface area contributed by atoms with Gasteiger partial charge in [0.2, 0.25) is 0 Å². The van der Waals surface area contributed by atoms with Gasteiger partial charge in [0.05, 0.1) is 22.8 Å². The van der Waals surface area contributed by atoms with E-state index in [4.69, 9.17) is 4.98 Å². The summed E-state index contributed by atoms with van der Waals surface area (Å²) in [5.41, 5.74) is 9.41. The molecule has 0 saturated heterocycles. The molecule has 0 aliphatic carbocycles. The largest absolute Gasteiger partial charge is 0.255 e. The summed E-state index contributed by atoms with van der Waals surface area (Å²) in [6.07, 6.45) is 3.64. The van der Waals surface area contributed by atoms with Crippen molar-refractivity contribution in [2.75, 3.05) is 0 Å². The van der Waals surface area contributed by atoms with E-state index in [2.05, 4.69) is 116 Å². The molecule has 8 aromatic rings. The summed E-state index contributed by atoms with van der Waals surface area (Å²) in [4.78, 5) is 14.4. The molecule has 3 aromatic heterocycles. The van der Waals surface area contributed by atoms with E-state index >= 15 is 0 Å². The van der Waals surface area contributed by atoms with E-state index in [1.807, 2.05) is 48.8 Å². The van der Waals surface area contributed by atoms with E-state index in [-0.39, 0.29) is 5.41 Å². The normalized spacial score (nSPS) is 12.0. The fourth-order valence-corrected chi connectivity index (χ4v) is 6.42. The van der Waals surface area contributed by atoms with Crippen molar-refractivity contribution in [1.29, 1.82) is 0 Å². The Balaban J connectivity index is 1.49. The standard InChI is InChI=1S/C41H31N3/c1-41(2,3)30-21-27-15-17-31-33(26-11-5-4-6-12-26)25-34(32-18-16-28(22-30)39(27)40(31)32)29-23-37(35-13-7-9-19-42-35)44-38(24-29)36-14-8-10-20-43-36/h4-25H,1-3H3. The molecule has 0 aliphatic rings. The number of hydrogen-bond acceptors (Lipinski definition) is 3. The highest BCUT2D eigenvalue weighted by Gasteiger charge is 2.21. The van der Waals surface area contributed by atoms with E-state index in [0.717, 1.165) is 28.3 Å². The average molecular weight is 566 g/mol. The molecule has 3 nitrogen and oxygen atoms in total. The van der Waals surface area contributed by atoms with Crippen molar-refractivity contribution in [2.24, 2.45) is 0 Å². The van der Waals surface area contributed by atoms with Crippen molar-refractivity contribution in [3.8, 4) is 45.0 Å². The first-order chi connectivity index (χ1) is 21.4. The lowest BCUT2D eigenvalue weighted by molar-refractivity contribution is 0.591. The third kappa shape index (κ3) is 4.40. The molecular formula is C41H31N3. The molecular weight excluding hydrogens is 534 g/mol. The zero-order valence-corrected chi connectivity index (χ0v) is 25.0. The smallest absolute Gasteiger partial charge is 0.0900 e. The molecule has 8 rings (SSSR count). The molecule has 0 aliphatic heterocycles. The molecule has 0 saturated carbocycles. The SMILES string of the molecule is CC(C)(C)c1cc2ccc3c(-c4ccccc4)cc(-c4cc(-c5ccccn5)nc(-c5ccccn5)c4)c4ccc(c1)c2c34. The highest BCUT2D eigenvalue weighted by Crippen LogP contribution is 2.45. The van der Waals surface area contributed by atoms with Crippen LogP contribution in [-0.2, 0) is 5.41 Å². The third-order valence-corrected chi connectivity index (χ3v) is 8.66. The summed E-state index contributed by atoms with van der Waals surface area (Å²) in [5.74, 6) is 0. The van der Waals surface area contributed by atoms with Gasteiger partial charge in [-0.25, -0.2) is 4.98 Å². The predicted molar refractivity (Wildman–Crippen MR) is 184 cm³/mol. The highest BCUT2D eigenvalue weighted by molar-refractivity contribution is 6.28. The minimum Gasteiger partial charge on any atom is -0.255 e. The summed E-state index contributed by atoms with van der Waals surface area (Å²) in [5, 5.41) is 7.66. The van der Waals surface area contributed by atoms with Crippen LogP contribution in [0.4, 0.5) is 0 Å². The second kappa shape index (κ2) is 10.1. The van der Waals surface area contributed by atoms with Crippen LogP contribution in [0.15, 0.2) is 134 Å². The van der Waals surface area contributed by atoms with Crippen LogP contribution < -0.4 is 0 Å². The first-order valence-electron chi connectivity index (χ1n) is 15.1. The van der Waals surface area contributed by atoms with Crippen molar-refractivity contribution < 1.29 is 0 Å².